The molecule has 1 aliphatic heterocycles. The lowest BCUT2D eigenvalue weighted by atomic mass is 10.0. The summed E-state index contributed by atoms with van der Waals surface area (Å²) < 4.78 is 0. The van der Waals surface area contributed by atoms with Gasteiger partial charge < -0.3 is 10.2 Å². The summed E-state index contributed by atoms with van der Waals surface area (Å²) in [4.78, 5) is 2.61. The number of nitrogens with zero attached hydrogens (tertiary/aromatic N) is 1. The van der Waals surface area contributed by atoms with Crippen LogP contribution in [-0.2, 0) is 0 Å². The first-order chi connectivity index (χ1) is 8.70. The third-order valence-electron chi connectivity index (χ3n) is 4.35. The van der Waals surface area contributed by atoms with Crippen LogP contribution in [0.3, 0.4) is 0 Å². The maximum atomic E-state index is 3.44. The molecule has 1 saturated heterocycles. The van der Waals surface area contributed by atoms with Crippen LogP contribution in [0.4, 0.5) is 0 Å². The van der Waals surface area contributed by atoms with Crippen LogP contribution < -0.4 is 5.32 Å². The largest absolute Gasteiger partial charge is 0.313 e. The van der Waals surface area contributed by atoms with Crippen molar-refractivity contribution < 1.29 is 0 Å². The Bertz CT molecular complexity index is 339. The third-order valence-corrected chi connectivity index (χ3v) is 4.35. The van der Waals surface area contributed by atoms with Gasteiger partial charge in [-0.1, -0.05) is 44.2 Å². The Morgan fingerprint density at radius 3 is 2.33 bits per heavy atom. The number of nitrogens with one attached hydrogen (secondary N) is 1. The van der Waals surface area contributed by atoms with E-state index in [4.69, 9.17) is 0 Å². The van der Waals surface area contributed by atoms with Gasteiger partial charge in [0.25, 0.3) is 0 Å². The van der Waals surface area contributed by atoms with E-state index in [1.165, 1.54) is 31.6 Å². The summed E-state index contributed by atoms with van der Waals surface area (Å²) in [7, 11) is 2.06. The first-order valence-corrected chi connectivity index (χ1v) is 7.15. The highest BCUT2D eigenvalue weighted by Gasteiger charge is 2.26. The minimum absolute atomic E-state index is 0.484. The van der Waals surface area contributed by atoms with Crippen molar-refractivity contribution in [3.05, 3.63) is 35.9 Å². The molecule has 0 aromatic heterocycles. The number of likely N-dealkylation sites (tertiary alicyclic amines) is 1. The summed E-state index contributed by atoms with van der Waals surface area (Å²) in [5.74, 6) is 1.71. The second-order valence-corrected chi connectivity index (χ2v) is 5.75. The second-order valence-electron chi connectivity index (χ2n) is 5.75. The van der Waals surface area contributed by atoms with Gasteiger partial charge in [-0.2, -0.15) is 0 Å². The number of hydrogen-bond donors (Lipinski definition) is 1. The van der Waals surface area contributed by atoms with Crippen molar-refractivity contribution in [2.75, 3.05) is 26.7 Å². The highest BCUT2D eigenvalue weighted by atomic mass is 15.2. The lowest BCUT2D eigenvalue weighted by Gasteiger charge is -2.21. The molecule has 2 rings (SSSR count). The van der Waals surface area contributed by atoms with Crippen LogP contribution >= 0.6 is 0 Å². The Hall–Kier alpha value is -0.860. The van der Waals surface area contributed by atoms with Crippen LogP contribution in [0.5, 0.6) is 0 Å². The van der Waals surface area contributed by atoms with E-state index < -0.39 is 0 Å². The molecule has 0 radical (unpaired) electrons. The first-order valence-electron chi connectivity index (χ1n) is 7.15. The number of rotatable bonds is 5. The van der Waals surface area contributed by atoms with Crippen LogP contribution in [-0.4, -0.2) is 31.6 Å². The van der Waals surface area contributed by atoms with Gasteiger partial charge in [-0.3, -0.25) is 0 Å². The predicted molar refractivity (Wildman–Crippen MR) is 77.6 cm³/mol. The molecule has 1 aliphatic rings. The second kappa shape index (κ2) is 6.35. The van der Waals surface area contributed by atoms with Crippen molar-refractivity contribution in [3.8, 4) is 0 Å². The van der Waals surface area contributed by atoms with Crippen molar-refractivity contribution in [2.45, 2.75) is 26.3 Å². The van der Waals surface area contributed by atoms with E-state index in [9.17, 15) is 0 Å². The van der Waals surface area contributed by atoms with Crippen LogP contribution in [0, 0.1) is 11.8 Å². The molecule has 0 amide bonds. The molecule has 1 N–H and O–H groups in total. The highest BCUT2D eigenvalue weighted by molar-refractivity contribution is 5.18. The topological polar surface area (TPSA) is 15.3 Å². The molecular weight excluding hydrogens is 220 g/mol. The van der Waals surface area contributed by atoms with Gasteiger partial charge in [0.2, 0.25) is 0 Å². The van der Waals surface area contributed by atoms with Crippen molar-refractivity contribution >= 4 is 0 Å². The van der Waals surface area contributed by atoms with E-state index in [2.05, 4.69) is 61.4 Å². The molecule has 3 unspecified atom stereocenters. The fraction of sp³-hybridized carbons (Fsp3) is 0.625. The molecule has 100 valence electrons. The molecule has 0 spiro atoms. The minimum Gasteiger partial charge on any atom is -0.313 e. The summed E-state index contributed by atoms with van der Waals surface area (Å²) in [5.41, 5.74) is 1.40. The van der Waals surface area contributed by atoms with Crippen LogP contribution in [0.15, 0.2) is 30.3 Å². The van der Waals surface area contributed by atoms with Crippen molar-refractivity contribution in [1.29, 1.82) is 0 Å². The fourth-order valence-electron chi connectivity index (χ4n) is 2.91. The molecule has 2 heteroatoms. The highest BCUT2D eigenvalue weighted by Crippen LogP contribution is 2.24. The summed E-state index contributed by atoms with van der Waals surface area (Å²) in [6, 6.07) is 11.3. The lowest BCUT2D eigenvalue weighted by molar-refractivity contribution is 0.301. The molecule has 1 heterocycles. The van der Waals surface area contributed by atoms with Crippen molar-refractivity contribution in [3.63, 3.8) is 0 Å². The van der Waals surface area contributed by atoms with Crippen LogP contribution in [0.1, 0.15) is 31.9 Å². The average molecular weight is 246 g/mol. The first kappa shape index (κ1) is 13.6. The summed E-state index contributed by atoms with van der Waals surface area (Å²) in [6.07, 6.45) is 1.19. The quantitative estimate of drug-likeness (QED) is 0.859. The molecule has 0 saturated carbocycles. The average Bonchev–Trinajstić information content (AvgIpc) is 2.71. The minimum atomic E-state index is 0.484. The van der Waals surface area contributed by atoms with Crippen LogP contribution in [0.25, 0.3) is 0 Å². The van der Waals surface area contributed by atoms with E-state index >= 15 is 0 Å². The van der Waals surface area contributed by atoms with Gasteiger partial charge in [0.1, 0.15) is 0 Å². The number of hydrogen-bond acceptors (Lipinski definition) is 2. The fourth-order valence-corrected chi connectivity index (χ4v) is 2.91. The van der Waals surface area contributed by atoms with Crippen LogP contribution in [0.2, 0.25) is 0 Å². The Kier molecular flexibility index (Phi) is 4.79. The van der Waals surface area contributed by atoms with E-state index in [1.54, 1.807) is 0 Å². The standard InChI is InChI=1S/C16H26N2/c1-13-11-18(12-14(13)2)10-9-16(17-3)15-7-5-4-6-8-15/h4-8,13-14,16-17H,9-12H2,1-3H3. The monoisotopic (exact) mass is 246 g/mol. The Morgan fingerprint density at radius 1 is 1.17 bits per heavy atom. The van der Waals surface area contributed by atoms with Crippen molar-refractivity contribution in [1.82, 2.24) is 10.2 Å². The van der Waals surface area contributed by atoms with Crippen molar-refractivity contribution in [2.24, 2.45) is 11.8 Å². The third kappa shape index (κ3) is 3.33. The van der Waals surface area contributed by atoms with Gasteiger partial charge in [-0.25, -0.2) is 0 Å². The summed E-state index contributed by atoms with van der Waals surface area (Å²) in [6.45, 7) is 8.49. The van der Waals surface area contributed by atoms with Gasteiger partial charge in [0.05, 0.1) is 0 Å². The molecule has 3 atom stereocenters. The molecule has 1 aromatic carbocycles. The molecule has 2 nitrogen and oxygen atoms in total. The van der Waals surface area contributed by atoms with Gasteiger partial charge >= 0.3 is 0 Å². The predicted octanol–water partition coefficient (Wildman–Crippen LogP) is 2.93. The number of benzene rings is 1. The van der Waals surface area contributed by atoms with E-state index in [1.807, 2.05) is 0 Å². The van der Waals surface area contributed by atoms with Gasteiger partial charge in [0, 0.05) is 19.1 Å². The summed E-state index contributed by atoms with van der Waals surface area (Å²) in [5, 5.41) is 3.44. The maximum Gasteiger partial charge on any atom is 0.0329 e. The smallest absolute Gasteiger partial charge is 0.0329 e. The van der Waals surface area contributed by atoms with Gasteiger partial charge in [-0.15, -0.1) is 0 Å². The maximum absolute atomic E-state index is 3.44. The molecular formula is C16H26N2. The molecule has 0 aliphatic carbocycles. The molecule has 18 heavy (non-hydrogen) atoms. The Balaban J connectivity index is 1.85. The molecule has 1 fully saturated rings. The molecule has 1 aromatic rings. The SMILES string of the molecule is CNC(CCN1CC(C)C(C)C1)c1ccccc1. The molecule has 0 bridgehead atoms. The summed E-state index contributed by atoms with van der Waals surface area (Å²) >= 11 is 0. The Labute approximate surface area is 111 Å². The normalized spacial score (nSPS) is 26.4. The van der Waals surface area contributed by atoms with E-state index in [0.717, 1.165) is 11.8 Å². The zero-order valence-corrected chi connectivity index (χ0v) is 11.9. The lowest BCUT2D eigenvalue weighted by Crippen LogP contribution is -2.27. The van der Waals surface area contributed by atoms with E-state index in [0.29, 0.717) is 6.04 Å². The zero-order valence-electron chi connectivity index (χ0n) is 11.9. The zero-order chi connectivity index (χ0) is 13.0. The van der Waals surface area contributed by atoms with Gasteiger partial charge in [-0.05, 0) is 37.4 Å². The van der Waals surface area contributed by atoms with Gasteiger partial charge in [0.15, 0.2) is 0 Å². The van der Waals surface area contributed by atoms with E-state index in [-0.39, 0.29) is 0 Å². The Morgan fingerprint density at radius 2 is 1.78 bits per heavy atom.